The molecule has 0 bridgehead atoms. The minimum atomic E-state index is 0. The van der Waals surface area contributed by atoms with Gasteiger partial charge in [0.2, 0.25) is 5.91 Å². The largest absolute Gasteiger partial charge is 0.361 e. The van der Waals surface area contributed by atoms with Gasteiger partial charge in [0.15, 0.2) is 0 Å². The Morgan fingerprint density at radius 1 is 1.56 bits per heavy atom. The molecule has 102 valence electrons. The molecule has 1 amide bonds. The number of aryl methyl sites for hydroxylation is 2. The Morgan fingerprint density at radius 2 is 2.28 bits per heavy atom. The van der Waals surface area contributed by atoms with E-state index in [1.165, 1.54) is 0 Å². The molecule has 1 aromatic heterocycles. The second-order valence-electron chi connectivity index (χ2n) is 4.69. The highest BCUT2D eigenvalue weighted by Gasteiger charge is 2.26. The Bertz CT molecular complexity index is 394. The molecule has 5 nitrogen and oxygen atoms in total. The van der Waals surface area contributed by atoms with Gasteiger partial charge in [0.25, 0.3) is 0 Å². The molecule has 0 aliphatic carbocycles. The van der Waals surface area contributed by atoms with Gasteiger partial charge in [0.1, 0.15) is 5.76 Å². The van der Waals surface area contributed by atoms with Crippen LogP contribution < -0.4 is 5.32 Å². The van der Waals surface area contributed by atoms with Crippen LogP contribution in [0, 0.1) is 19.8 Å². The molecule has 1 saturated heterocycles. The third-order valence-electron chi connectivity index (χ3n) is 3.36. The minimum absolute atomic E-state index is 0. The number of nitrogens with zero attached hydrogens (tertiary/aromatic N) is 2. The van der Waals surface area contributed by atoms with Crippen LogP contribution in [0.15, 0.2) is 4.52 Å². The smallest absolute Gasteiger partial charge is 0.227 e. The summed E-state index contributed by atoms with van der Waals surface area (Å²) in [5, 5.41) is 7.11. The van der Waals surface area contributed by atoms with Gasteiger partial charge in [-0.3, -0.25) is 4.79 Å². The summed E-state index contributed by atoms with van der Waals surface area (Å²) in [6.45, 7) is 6.10. The first-order valence-electron chi connectivity index (χ1n) is 5.97. The Morgan fingerprint density at radius 3 is 2.78 bits per heavy atom. The van der Waals surface area contributed by atoms with E-state index in [2.05, 4.69) is 10.5 Å². The number of amides is 1. The zero-order valence-corrected chi connectivity index (χ0v) is 11.8. The van der Waals surface area contributed by atoms with Gasteiger partial charge in [0, 0.05) is 19.2 Å². The standard InChI is InChI=1S/C12H19N3O2.ClH/c1-8-11(9(2)17-14-8)7-15(3)12(16)10-4-5-13-6-10;/h10,13H,4-7H2,1-3H3;1H. The van der Waals surface area contributed by atoms with Gasteiger partial charge in [-0.15, -0.1) is 12.4 Å². The van der Waals surface area contributed by atoms with E-state index in [1.54, 1.807) is 4.90 Å². The summed E-state index contributed by atoms with van der Waals surface area (Å²) in [5.74, 6) is 1.13. The fourth-order valence-corrected chi connectivity index (χ4v) is 2.22. The van der Waals surface area contributed by atoms with Gasteiger partial charge in [-0.25, -0.2) is 0 Å². The van der Waals surface area contributed by atoms with E-state index >= 15 is 0 Å². The van der Waals surface area contributed by atoms with Crippen molar-refractivity contribution in [2.24, 2.45) is 5.92 Å². The molecule has 0 saturated carbocycles. The van der Waals surface area contributed by atoms with E-state index in [0.717, 1.165) is 36.5 Å². The maximum atomic E-state index is 12.1. The summed E-state index contributed by atoms with van der Waals surface area (Å²) >= 11 is 0. The second kappa shape index (κ2) is 6.20. The van der Waals surface area contributed by atoms with Gasteiger partial charge >= 0.3 is 0 Å². The number of carbonyl (C=O) groups excluding carboxylic acids is 1. The molecule has 0 spiro atoms. The molecule has 1 fully saturated rings. The number of hydrogen-bond acceptors (Lipinski definition) is 4. The average Bonchev–Trinajstić information content (AvgIpc) is 2.93. The van der Waals surface area contributed by atoms with E-state index in [0.29, 0.717) is 6.54 Å². The van der Waals surface area contributed by atoms with Crippen LogP contribution in [0.1, 0.15) is 23.4 Å². The van der Waals surface area contributed by atoms with Crippen LogP contribution in [-0.2, 0) is 11.3 Å². The van der Waals surface area contributed by atoms with Crippen molar-refractivity contribution < 1.29 is 9.32 Å². The monoisotopic (exact) mass is 273 g/mol. The molecule has 1 unspecified atom stereocenters. The predicted octanol–water partition coefficient (Wildman–Crippen LogP) is 1.28. The van der Waals surface area contributed by atoms with Crippen molar-refractivity contribution in [2.45, 2.75) is 26.8 Å². The fourth-order valence-electron chi connectivity index (χ4n) is 2.22. The number of aromatic nitrogens is 1. The van der Waals surface area contributed by atoms with Crippen LogP contribution >= 0.6 is 12.4 Å². The highest BCUT2D eigenvalue weighted by molar-refractivity contribution is 5.85. The van der Waals surface area contributed by atoms with Crippen molar-refractivity contribution in [2.75, 3.05) is 20.1 Å². The van der Waals surface area contributed by atoms with E-state index < -0.39 is 0 Å². The number of hydrogen-bond donors (Lipinski definition) is 1. The number of halogens is 1. The van der Waals surface area contributed by atoms with E-state index in [-0.39, 0.29) is 24.2 Å². The third kappa shape index (κ3) is 3.03. The molecular weight excluding hydrogens is 254 g/mol. The number of nitrogens with one attached hydrogen (secondary N) is 1. The lowest BCUT2D eigenvalue weighted by molar-refractivity contribution is -0.134. The SMILES string of the molecule is Cc1noc(C)c1CN(C)C(=O)C1CCNC1.Cl. The Kier molecular flexibility index (Phi) is 5.16. The van der Waals surface area contributed by atoms with Crippen LogP contribution in [0.2, 0.25) is 0 Å². The molecule has 0 radical (unpaired) electrons. The predicted molar refractivity (Wildman–Crippen MR) is 70.7 cm³/mol. The molecule has 2 rings (SSSR count). The van der Waals surface area contributed by atoms with Gasteiger partial charge in [-0.05, 0) is 26.8 Å². The lowest BCUT2D eigenvalue weighted by Gasteiger charge is -2.20. The molecule has 1 aromatic rings. The molecule has 18 heavy (non-hydrogen) atoms. The maximum absolute atomic E-state index is 12.1. The van der Waals surface area contributed by atoms with Crippen molar-refractivity contribution in [1.29, 1.82) is 0 Å². The zero-order valence-electron chi connectivity index (χ0n) is 11.0. The summed E-state index contributed by atoms with van der Waals surface area (Å²) in [5.41, 5.74) is 1.89. The molecule has 1 aliphatic heterocycles. The molecule has 0 aromatic carbocycles. The molecule has 1 N–H and O–H groups in total. The summed E-state index contributed by atoms with van der Waals surface area (Å²) in [7, 11) is 1.84. The summed E-state index contributed by atoms with van der Waals surface area (Å²) in [6, 6.07) is 0. The molecule has 6 heteroatoms. The highest BCUT2D eigenvalue weighted by atomic mass is 35.5. The molecule has 1 atom stereocenters. The lowest BCUT2D eigenvalue weighted by Crippen LogP contribution is -2.33. The van der Waals surface area contributed by atoms with Crippen LogP contribution in [0.4, 0.5) is 0 Å². The van der Waals surface area contributed by atoms with Crippen molar-refractivity contribution in [3.8, 4) is 0 Å². The normalized spacial score (nSPS) is 18.5. The van der Waals surface area contributed by atoms with Gasteiger partial charge in [-0.2, -0.15) is 0 Å². The topological polar surface area (TPSA) is 58.4 Å². The average molecular weight is 274 g/mol. The first-order valence-corrected chi connectivity index (χ1v) is 5.97. The number of rotatable bonds is 3. The van der Waals surface area contributed by atoms with Gasteiger partial charge in [0.05, 0.1) is 18.2 Å². The fraction of sp³-hybridized carbons (Fsp3) is 0.667. The Labute approximate surface area is 113 Å². The van der Waals surface area contributed by atoms with Gasteiger partial charge < -0.3 is 14.7 Å². The van der Waals surface area contributed by atoms with E-state index in [4.69, 9.17) is 4.52 Å². The molecular formula is C12H20ClN3O2. The van der Waals surface area contributed by atoms with E-state index in [1.807, 2.05) is 20.9 Å². The second-order valence-corrected chi connectivity index (χ2v) is 4.69. The van der Waals surface area contributed by atoms with Gasteiger partial charge in [-0.1, -0.05) is 5.16 Å². The van der Waals surface area contributed by atoms with Crippen LogP contribution in [-0.4, -0.2) is 36.1 Å². The lowest BCUT2D eigenvalue weighted by atomic mass is 10.1. The zero-order chi connectivity index (χ0) is 12.4. The Balaban J connectivity index is 0.00000162. The van der Waals surface area contributed by atoms with Crippen LogP contribution in [0.3, 0.4) is 0 Å². The summed E-state index contributed by atoms with van der Waals surface area (Å²) in [4.78, 5) is 13.9. The minimum Gasteiger partial charge on any atom is -0.361 e. The maximum Gasteiger partial charge on any atom is 0.227 e. The molecule has 2 heterocycles. The van der Waals surface area contributed by atoms with Crippen molar-refractivity contribution >= 4 is 18.3 Å². The highest BCUT2D eigenvalue weighted by Crippen LogP contribution is 2.17. The third-order valence-corrected chi connectivity index (χ3v) is 3.36. The van der Waals surface area contributed by atoms with Crippen molar-refractivity contribution in [3.05, 3.63) is 17.0 Å². The van der Waals surface area contributed by atoms with Crippen molar-refractivity contribution in [3.63, 3.8) is 0 Å². The molecule has 1 aliphatic rings. The number of carbonyl (C=O) groups is 1. The van der Waals surface area contributed by atoms with Crippen molar-refractivity contribution in [1.82, 2.24) is 15.4 Å². The summed E-state index contributed by atoms with van der Waals surface area (Å²) in [6.07, 6.45) is 0.935. The first kappa shape index (κ1) is 15.0. The summed E-state index contributed by atoms with van der Waals surface area (Å²) < 4.78 is 5.10. The first-order chi connectivity index (χ1) is 8.09. The van der Waals surface area contributed by atoms with E-state index in [9.17, 15) is 4.79 Å². The van der Waals surface area contributed by atoms with Crippen LogP contribution in [0.5, 0.6) is 0 Å². The Hall–Kier alpha value is -1.07. The quantitative estimate of drug-likeness (QED) is 0.901. The van der Waals surface area contributed by atoms with Crippen LogP contribution in [0.25, 0.3) is 0 Å².